The van der Waals surface area contributed by atoms with Gasteiger partial charge in [-0.15, -0.1) is 0 Å². The summed E-state index contributed by atoms with van der Waals surface area (Å²) in [6.45, 7) is 3.98. The number of phenols is 1. The lowest BCUT2D eigenvalue weighted by molar-refractivity contribution is -0.384. The van der Waals surface area contributed by atoms with Crippen LogP contribution in [0.3, 0.4) is 0 Å². The molecule has 268 valence electrons. The van der Waals surface area contributed by atoms with Gasteiger partial charge < -0.3 is 9.84 Å². The van der Waals surface area contributed by atoms with E-state index in [1.54, 1.807) is 49.4 Å². The maximum absolute atomic E-state index is 15.3. The van der Waals surface area contributed by atoms with Crippen LogP contribution in [0.25, 0.3) is 0 Å². The molecular weight excluding hydrogens is 676 g/mol. The highest BCUT2D eigenvalue weighted by Gasteiger charge is 2.70. The molecule has 1 saturated carbocycles. The van der Waals surface area contributed by atoms with Crippen LogP contribution in [-0.2, 0) is 24.6 Å². The Hall–Kier alpha value is -6.30. The molecule has 6 unspecified atom stereocenters. The number of hydrazine groups is 1. The van der Waals surface area contributed by atoms with E-state index < -0.39 is 63.6 Å². The maximum Gasteiger partial charge on any atom is 0.271 e. The summed E-state index contributed by atoms with van der Waals surface area (Å²) in [5.41, 5.74) is 4.43. The van der Waals surface area contributed by atoms with Crippen molar-refractivity contribution in [2.45, 2.75) is 38.0 Å². The van der Waals surface area contributed by atoms with Gasteiger partial charge >= 0.3 is 0 Å². The average molecular weight is 713 g/mol. The quantitative estimate of drug-likeness (QED) is 0.0939. The van der Waals surface area contributed by atoms with Gasteiger partial charge in [-0.1, -0.05) is 77.9 Å². The second-order valence-corrected chi connectivity index (χ2v) is 14.0. The van der Waals surface area contributed by atoms with E-state index in [4.69, 9.17) is 4.74 Å². The number of nitro groups is 1. The molecule has 0 bridgehead atoms. The van der Waals surface area contributed by atoms with E-state index in [9.17, 15) is 29.6 Å². The van der Waals surface area contributed by atoms with E-state index in [2.05, 4.69) is 5.43 Å². The number of hydrogen-bond acceptors (Lipinski definition) is 9. The van der Waals surface area contributed by atoms with Crippen molar-refractivity contribution in [2.75, 3.05) is 16.9 Å². The molecule has 12 nitrogen and oxygen atoms in total. The molecule has 2 saturated heterocycles. The Morgan fingerprint density at radius 1 is 0.906 bits per heavy atom. The van der Waals surface area contributed by atoms with E-state index in [1.165, 1.54) is 24.3 Å². The van der Waals surface area contributed by atoms with Crippen molar-refractivity contribution in [1.82, 2.24) is 5.01 Å². The van der Waals surface area contributed by atoms with Crippen LogP contribution in [0.15, 0.2) is 109 Å². The van der Waals surface area contributed by atoms with Gasteiger partial charge in [-0.2, -0.15) is 5.01 Å². The number of benzene rings is 4. The number of amides is 4. The summed E-state index contributed by atoms with van der Waals surface area (Å²) in [5.74, 6) is -6.38. The van der Waals surface area contributed by atoms with Gasteiger partial charge in [0.25, 0.3) is 17.5 Å². The van der Waals surface area contributed by atoms with E-state index >= 15 is 4.79 Å². The molecule has 6 atom stereocenters. The Morgan fingerprint density at radius 3 is 2.36 bits per heavy atom. The van der Waals surface area contributed by atoms with Gasteiger partial charge in [0.15, 0.2) is 11.5 Å². The highest BCUT2D eigenvalue weighted by molar-refractivity contribution is 6.22. The lowest BCUT2D eigenvalue weighted by Crippen LogP contribution is -2.53. The number of phenolic OH excluding ortho intramolecular Hbond substituents is 1. The fourth-order valence-corrected chi connectivity index (χ4v) is 9.14. The molecular formula is C41H36N4O8. The van der Waals surface area contributed by atoms with E-state index in [0.717, 1.165) is 15.5 Å². The monoisotopic (exact) mass is 712 g/mol. The minimum atomic E-state index is -1.57. The number of nitro benzene ring substituents is 1. The molecule has 2 aliphatic carbocycles. The third kappa shape index (κ3) is 5.03. The zero-order chi connectivity index (χ0) is 37.2. The summed E-state index contributed by atoms with van der Waals surface area (Å²) < 4.78 is 5.80. The fraction of sp³-hybridized carbons (Fsp3) is 0.268. The molecule has 2 aliphatic heterocycles. The largest absolute Gasteiger partial charge is 0.504 e. The number of fused-ring (bicyclic) bond motifs is 4. The van der Waals surface area contributed by atoms with Crippen molar-refractivity contribution in [3.8, 4) is 11.5 Å². The number of nitrogens with one attached hydrogen (secondary N) is 1. The summed E-state index contributed by atoms with van der Waals surface area (Å²) in [5, 5.41) is 24.6. The van der Waals surface area contributed by atoms with Gasteiger partial charge in [0.1, 0.15) is 0 Å². The fourth-order valence-electron chi connectivity index (χ4n) is 9.14. The van der Waals surface area contributed by atoms with Crippen LogP contribution < -0.4 is 15.1 Å². The molecule has 3 fully saturated rings. The van der Waals surface area contributed by atoms with Gasteiger partial charge in [0.2, 0.25) is 11.8 Å². The Balaban J connectivity index is 1.32. The number of allylic oxidation sites excluding steroid dienone is 2. The molecule has 12 heteroatoms. The number of non-ortho nitro benzene ring substituents is 1. The first kappa shape index (κ1) is 33.8. The Morgan fingerprint density at radius 2 is 1.64 bits per heavy atom. The van der Waals surface area contributed by atoms with Crippen molar-refractivity contribution in [3.05, 3.63) is 136 Å². The van der Waals surface area contributed by atoms with Gasteiger partial charge in [0, 0.05) is 23.6 Å². The number of hydrogen-bond donors (Lipinski definition) is 2. The first-order valence-corrected chi connectivity index (χ1v) is 17.6. The van der Waals surface area contributed by atoms with Gasteiger partial charge in [-0.25, -0.2) is 4.90 Å². The van der Waals surface area contributed by atoms with Gasteiger partial charge in [-0.05, 0) is 62.4 Å². The van der Waals surface area contributed by atoms with Crippen LogP contribution in [0.2, 0.25) is 0 Å². The van der Waals surface area contributed by atoms with Crippen LogP contribution in [0.4, 0.5) is 17.1 Å². The van der Waals surface area contributed by atoms with E-state index in [0.29, 0.717) is 22.4 Å². The topological polar surface area (TPSA) is 159 Å². The standard InChI is InChI=1S/C41H36N4O8/c1-3-53-33-14-8-13-30(36(33)46)35-28-19-20-29-34(39(49)43(37(29)47)26-11-7-12-27(21-26)45(51)52)31(28)22-32-38(48)44(42-25-17-15-23(2)16-18-25)40(50)41(32,35)24-9-5-4-6-10-24/h4-19,21,29,31-32,34-35,42,46H,3,20,22H2,1-2H3. The predicted molar refractivity (Wildman–Crippen MR) is 194 cm³/mol. The van der Waals surface area contributed by atoms with Crippen molar-refractivity contribution in [3.63, 3.8) is 0 Å². The summed E-state index contributed by atoms with van der Waals surface area (Å²) in [6, 6.07) is 26.8. The predicted octanol–water partition coefficient (Wildman–Crippen LogP) is 6.20. The van der Waals surface area contributed by atoms with Crippen molar-refractivity contribution < 1.29 is 33.9 Å². The van der Waals surface area contributed by atoms with Crippen LogP contribution in [0, 0.1) is 40.7 Å². The number of aromatic hydroxyl groups is 1. The van der Waals surface area contributed by atoms with Crippen LogP contribution in [0.1, 0.15) is 42.4 Å². The highest BCUT2D eigenvalue weighted by Crippen LogP contribution is 2.65. The molecule has 2 N–H and O–H groups in total. The smallest absolute Gasteiger partial charge is 0.271 e. The zero-order valence-corrected chi connectivity index (χ0v) is 29.0. The molecule has 4 aromatic carbocycles. The summed E-state index contributed by atoms with van der Waals surface area (Å²) >= 11 is 0. The number of nitrogens with zero attached hydrogens (tertiary/aromatic N) is 3. The molecule has 0 spiro atoms. The van der Waals surface area contributed by atoms with Gasteiger partial charge in [-0.3, -0.25) is 34.7 Å². The number of aryl methyl sites for hydroxylation is 1. The molecule has 4 amide bonds. The Kier molecular flexibility index (Phi) is 8.12. The number of imide groups is 2. The molecule has 4 aliphatic rings. The average Bonchev–Trinajstić information content (AvgIpc) is 3.54. The Bertz CT molecular complexity index is 2220. The third-order valence-corrected chi connectivity index (χ3v) is 11.3. The molecule has 8 rings (SSSR count). The normalized spacial score (nSPS) is 26.2. The van der Waals surface area contributed by atoms with Crippen molar-refractivity contribution in [2.24, 2.45) is 23.7 Å². The molecule has 0 radical (unpaired) electrons. The lowest BCUT2D eigenvalue weighted by Gasteiger charge is -2.50. The van der Waals surface area contributed by atoms with Crippen LogP contribution >= 0.6 is 0 Å². The first-order valence-electron chi connectivity index (χ1n) is 17.6. The highest BCUT2D eigenvalue weighted by atomic mass is 16.6. The third-order valence-electron chi connectivity index (χ3n) is 11.3. The molecule has 4 aromatic rings. The number of carbonyl (C=O) groups is 4. The minimum Gasteiger partial charge on any atom is -0.504 e. The van der Waals surface area contributed by atoms with Crippen LogP contribution in [-0.4, -0.2) is 45.3 Å². The van der Waals surface area contributed by atoms with Crippen molar-refractivity contribution in [1.29, 1.82) is 0 Å². The number of para-hydroxylation sites is 1. The van der Waals surface area contributed by atoms with E-state index in [1.807, 2.05) is 43.3 Å². The first-order chi connectivity index (χ1) is 25.6. The van der Waals surface area contributed by atoms with Crippen molar-refractivity contribution >= 4 is 40.7 Å². The maximum atomic E-state index is 15.3. The molecule has 0 aromatic heterocycles. The van der Waals surface area contributed by atoms with Crippen LogP contribution in [0.5, 0.6) is 11.5 Å². The number of anilines is 2. The SMILES string of the molecule is CCOc1cccc(C2C3=CCC4C(=O)N(c5cccc([N+](=O)[O-])c5)C(=O)C4C3CC3C(=O)N(Nc4ccc(C)cc4)C(=O)C32c2ccccc2)c1O. The van der Waals surface area contributed by atoms with E-state index in [-0.39, 0.29) is 42.3 Å². The summed E-state index contributed by atoms with van der Waals surface area (Å²) in [6.07, 6.45) is 2.10. The second kappa shape index (κ2) is 12.7. The summed E-state index contributed by atoms with van der Waals surface area (Å²) in [7, 11) is 0. The Labute approximate surface area is 304 Å². The zero-order valence-electron chi connectivity index (χ0n) is 29.0. The number of carbonyl (C=O) groups excluding carboxylic acids is 4. The summed E-state index contributed by atoms with van der Waals surface area (Å²) in [4.78, 5) is 70.8. The molecule has 53 heavy (non-hydrogen) atoms. The minimum absolute atomic E-state index is 0.0583. The molecule has 2 heterocycles. The number of rotatable bonds is 8. The lowest BCUT2D eigenvalue weighted by atomic mass is 9.49. The number of ether oxygens (including phenoxy) is 1. The van der Waals surface area contributed by atoms with Gasteiger partial charge in [0.05, 0.1) is 46.1 Å². The second-order valence-electron chi connectivity index (χ2n) is 14.0.